The van der Waals surface area contributed by atoms with Crippen molar-refractivity contribution in [1.29, 1.82) is 0 Å². The monoisotopic (exact) mass is 133 g/mol. The van der Waals surface area contributed by atoms with Crippen molar-refractivity contribution in [3.63, 3.8) is 0 Å². The number of hydrogen-bond acceptors (Lipinski definition) is 0. The van der Waals surface area contributed by atoms with Crippen LogP contribution in [0.15, 0.2) is 11.1 Å². The highest BCUT2D eigenvalue weighted by atomic mass is 79.9. The molecular weight excluding hydrogens is 128 g/mol. The van der Waals surface area contributed by atoms with Gasteiger partial charge in [-0.3, -0.25) is 0 Å². The maximum absolute atomic E-state index is 3.54. The molecule has 29 valence electrons. The minimum Gasteiger partial charge on any atom is -0.0889 e. The smallest absolute Gasteiger partial charge is 0.0121 e. The molecule has 0 aromatic rings. The zero-order valence-electron chi connectivity index (χ0n) is 3.00. The molecule has 0 fully saturated rings. The van der Waals surface area contributed by atoms with Crippen LogP contribution >= 0.6 is 15.9 Å². The van der Waals surface area contributed by atoms with E-state index in [0.717, 1.165) is 10.9 Å². The third kappa shape index (κ3) is 4.22. The Balaban J connectivity index is 2.85. The van der Waals surface area contributed by atoms with Crippen LogP contribution in [0, 0.1) is 6.92 Å². The highest BCUT2D eigenvalue weighted by molar-refractivity contribution is 9.11. The molecule has 0 saturated carbocycles. The molecule has 0 amide bonds. The Morgan fingerprint density at radius 1 is 1.80 bits per heavy atom. The summed E-state index contributed by atoms with van der Waals surface area (Å²) in [6.07, 6.45) is 0.778. The zero-order chi connectivity index (χ0) is 4.28. The van der Waals surface area contributed by atoms with E-state index in [-0.39, 0.29) is 0 Å². The molecule has 0 aliphatic carbocycles. The fraction of sp³-hybridized carbons (Fsp3) is 0.250. The lowest BCUT2D eigenvalue weighted by Gasteiger charge is -1.76. The second kappa shape index (κ2) is 2.46. The van der Waals surface area contributed by atoms with Crippen LogP contribution in [0.1, 0.15) is 6.42 Å². The number of halogens is 1. The van der Waals surface area contributed by atoms with E-state index in [1.54, 1.807) is 0 Å². The second-order valence-corrected chi connectivity index (χ2v) is 1.89. The van der Waals surface area contributed by atoms with Crippen molar-refractivity contribution in [2.24, 2.45) is 0 Å². The van der Waals surface area contributed by atoms with Gasteiger partial charge < -0.3 is 0 Å². The first kappa shape index (κ1) is 5.22. The van der Waals surface area contributed by atoms with Crippen molar-refractivity contribution in [2.75, 3.05) is 0 Å². The van der Waals surface area contributed by atoms with Gasteiger partial charge in [-0.2, -0.15) is 0 Å². The normalized spacial score (nSPS) is 7.60. The molecule has 0 rings (SSSR count). The minimum absolute atomic E-state index is 0.778. The van der Waals surface area contributed by atoms with Crippen molar-refractivity contribution in [3.05, 3.63) is 18.0 Å². The lowest BCUT2D eigenvalue weighted by molar-refractivity contribution is 1.39. The van der Waals surface area contributed by atoms with E-state index in [1.165, 1.54) is 0 Å². The SMILES string of the molecule is [CH2]CC(=C)Br. The third-order valence-electron chi connectivity index (χ3n) is 0.271. The Hall–Kier alpha value is 0.220. The first-order valence-corrected chi connectivity index (χ1v) is 2.19. The summed E-state index contributed by atoms with van der Waals surface area (Å²) in [6, 6.07) is 0. The molecule has 1 radical (unpaired) electrons. The van der Waals surface area contributed by atoms with Gasteiger partial charge >= 0.3 is 0 Å². The van der Waals surface area contributed by atoms with Crippen LogP contribution < -0.4 is 0 Å². The summed E-state index contributed by atoms with van der Waals surface area (Å²) in [4.78, 5) is 0. The van der Waals surface area contributed by atoms with Gasteiger partial charge in [-0.05, 0) is 17.8 Å². The van der Waals surface area contributed by atoms with Crippen LogP contribution in [0.3, 0.4) is 0 Å². The van der Waals surface area contributed by atoms with Crippen molar-refractivity contribution >= 4 is 15.9 Å². The van der Waals surface area contributed by atoms with E-state index < -0.39 is 0 Å². The molecule has 0 aliphatic heterocycles. The Morgan fingerprint density at radius 3 is 2.00 bits per heavy atom. The fourth-order valence-corrected chi connectivity index (χ4v) is 0. The lowest BCUT2D eigenvalue weighted by atomic mass is 10.5. The van der Waals surface area contributed by atoms with Gasteiger partial charge in [0.15, 0.2) is 0 Å². The van der Waals surface area contributed by atoms with E-state index in [4.69, 9.17) is 0 Å². The predicted molar refractivity (Wildman–Crippen MR) is 28.0 cm³/mol. The molecule has 0 spiro atoms. The quantitative estimate of drug-likeness (QED) is 0.515. The molecule has 0 heterocycles. The maximum atomic E-state index is 3.54. The van der Waals surface area contributed by atoms with Crippen LogP contribution in [-0.2, 0) is 0 Å². The Bertz CT molecular complexity index is 38.9. The first-order chi connectivity index (χ1) is 2.27. The van der Waals surface area contributed by atoms with Crippen molar-refractivity contribution in [1.82, 2.24) is 0 Å². The largest absolute Gasteiger partial charge is 0.0889 e. The van der Waals surface area contributed by atoms with Crippen molar-refractivity contribution in [2.45, 2.75) is 6.42 Å². The van der Waals surface area contributed by atoms with E-state index in [0.29, 0.717) is 0 Å². The average Bonchev–Trinajstić information content (AvgIpc) is 1.38. The van der Waals surface area contributed by atoms with Crippen molar-refractivity contribution < 1.29 is 0 Å². The zero-order valence-corrected chi connectivity index (χ0v) is 4.59. The van der Waals surface area contributed by atoms with Gasteiger partial charge in [-0.25, -0.2) is 0 Å². The summed E-state index contributed by atoms with van der Waals surface area (Å²) >= 11 is 3.12. The van der Waals surface area contributed by atoms with E-state index >= 15 is 0 Å². The van der Waals surface area contributed by atoms with Gasteiger partial charge in [0, 0.05) is 0 Å². The van der Waals surface area contributed by atoms with Crippen molar-refractivity contribution in [3.8, 4) is 0 Å². The summed E-state index contributed by atoms with van der Waals surface area (Å²) < 4.78 is 0.956. The van der Waals surface area contributed by atoms with E-state index in [2.05, 4.69) is 29.4 Å². The molecule has 0 bridgehead atoms. The standard InChI is InChI=1S/C4H6Br/c1-3-4(2)5/h1-3H2. The van der Waals surface area contributed by atoms with E-state index in [1.807, 2.05) is 0 Å². The van der Waals surface area contributed by atoms with Gasteiger partial charge in [0.25, 0.3) is 0 Å². The molecule has 1 heteroatoms. The molecule has 0 atom stereocenters. The second-order valence-electron chi connectivity index (χ2n) is 0.767. The first-order valence-electron chi connectivity index (χ1n) is 1.40. The lowest BCUT2D eigenvalue weighted by Crippen LogP contribution is -1.52. The summed E-state index contributed by atoms with van der Waals surface area (Å²) in [5, 5.41) is 0. The van der Waals surface area contributed by atoms with Crippen LogP contribution in [0.4, 0.5) is 0 Å². The molecule has 0 N–H and O–H groups in total. The average molecular weight is 134 g/mol. The number of rotatable bonds is 1. The molecule has 0 aliphatic rings. The maximum Gasteiger partial charge on any atom is -0.0121 e. The van der Waals surface area contributed by atoms with Crippen LogP contribution in [0.5, 0.6) is 0 Å². The Labute approximate surface area is 41.0 Å². The molecule has 5 heavy (non-hydrogen) atoms. The molecule has 0 saturated heterocycles. The summed E-state index contributed by atoms with van der Waals surface area (Å²) in [5.41, 5.74) is 0. The number of hydrogen-bond donors (Lipinski definition) is 0. The third-order valence-corrected chi connectivity index (χ3v) is 0.668. The highest BCUT2D eigenvalue weighted by Crippen LogP contribution is 2.02. The molecular formula is C4H6Br. The predicted octanol–water partition coefficient (Wildman–Crippen LogP) is 2.12. The Morgan fingerprint density at radius 2 is 2.00 bits per heavy atom. The van der Waals surface area contributed by atoms with E-state index in [9.17, 15) is 0 Å². The number of allylic oxidation sites excluding steroid dienone is 1. The Kier molecular flexibility index (Phi) is 2.57. The van der Waals surface area contributed by atoms with Gasteiger partial charge in [0.2, 0.25) is 0 Å². The molecule has 0 aromatic heterocycles. The summed E-state index contributed by atoms with van der Waals surface area (Å²) in [5.74, 6) is 0. The molecule has 0 unspecified atom stereocenters. The fourth-order valence-electron chi connectivity index (χ4n) is 0. The van der Waals surface area contributed by atoms with Gasteiger partial charge in [0.05, 0.1) is 0 Å². The van der Waals surface area contributed by atoms with Crippen LogP contribution in [0.2, 0.25) is 0 Å². The van der Waals surface area contributed by atoms with Crippen LogP contribution in [-0.4, -0.2) is 0 Å². The van der Waals surface area contributed by atoms with Gasteiger partial charge in [0.1, 0.15) is 0 Å². The topological polar surface area (TPSA) is 0 Å². The highest BCUT2D eigenvalue weighted by Gasteiger charge is 1.70. The summed E-state index contributed by atoms with van der Waals surface area (Å²) in [7, 11) is 0. The minimum atomic E-state index is 0.778. The molecule has 0 nitrogen and oxygen atoms in total. The van der Waals surface area contributed by atoms with Gasteiger partial charge in [-0.15, -0.1) is 0 Å². The molecule has 0 aromatic carbocycles. The van der Waals surface area contributed by atoms with Crippen LogP contribution in [0.25, 0.3) is 0 Å². The van der Waals surface area contributed by atoms with Gasteiger partial charge in [-0.1, -0.05) is 22.5 Å². The summed E-state index contributed by atoms with van der Waals surface area (Å²) in [6.45, 7) is 7.07.